The normalized spacial score (nSPS) is 11.9. The van der Waals surface area contributed by atoms with Gasteiger partial charge in [0.1, 0.15) is 11.2 Å². The minimum absolute atomic E-state index is 0.571. The van der Waals surface area contributed by atoms with E-state index >= 15 is 0 Å². The Kier molecular flexibility index (Phi) is 7.54. The van der Waals surface area contributed by atoms with Crippen LogP contribution in [0.3, 0.4) is 0 Å². The largest absolute Gasteiger partial charge is 0.455 e. The summed E-state index contributed by atoms with van der Waals surface area (Å²) in [4.78, 5) is 16.2. The number of hydrogen-bond donors (Lipinski definition) is 0. The fourth-order valence-electron chi connectivity index (χ4n) is 9.45. The van der Waals surface area contributed by atoms with Gasteiger partial charge in [-0.15, -0.1) is 0 Å². The van der Waals surface area contributed by atoms with Gasteiger partial charge in [0.2, 0.25) is 0 Å². The molecule has 0 saturated carbocycles. The zero-order valence-corrected chi connectivity index (χ0v) is 33.3. The van der Waals surface area contributed by atoms with Crippen LogP contribution in [0.2, 0.25) is 0 Å². The standard InChI is InChI=1S/C57H34N4O/c1-2-14-35(15-3-1)38-21-12-22-41(30-38)55-58-56(46-26-13-20-36-16-6-8-23-42(36)46)60-57(59-55)49-33-48-45-29-28-37-17-7-9-24-43(37)54(45)62-53(48)34-52(49)61-50-27-11-10-25-44(50)47-31-39-18-4-5-19-40(39)32-51(47)61/h1-34H. The molecule has 0 atom stereocenters. The van der Waals surface area contributed by atoms with E-state index in [1.165, 1.54) is 21.5 Å². The topological polar surface area (TPSA) is 56.7 Å². The predicted molar refractivity (Wildman–Crippen MR) is 256 cm³/mol. The van der Waals surface area contributed by atoms with Crippen LogP contribution in [0.5, 0.6) is 0 Å². The summed E-state index contributed by atoms with van der Waals surface area (Å²) in [6.07, 6.45) is 0. The Balaban J connectivity index is 1.16. The van der Waals surface area contributed by atoms with Crippen LogP contribution in [0.4, 0.5) is 0 Å². The molecular weight excluding hydrogens is 757 g/mol. The summed E-state index contributed by atoms with van der Waals surface area (Å²) in [7, 11) is 0. The minimum atomic E-state index is 0.571. The molecule has 0 spiro atoms. The van der Waals surface area contributed by atoms with Gasteiger partial charge in [-0.3, -0.25) is 0 Å². The van der Waals surface area contributed by atoms with E-state index in [1.54, 1.807) is 0 Å². The minimum Gasteiger partial charge on any atom is -0.455 e. The molecule has 0 aliphatic heterocycles. The number of nitrogens with zero attached hydrogens (tertiary/aromatic N) is 4. The monoisotopic (exact) mass is 790 g/mol. The molecule has 0 unspecified atom stereocenters. The Morgan fingerprint density at radius 2 is 0.935 bits per heavy atom. The number of fused-ring (bicyclic) bond motifs is 10. The third-order valence-corrected chi connectivity index (χ3v) is 12.4. The Bertz CT molecular complexity index is 3930. The SMILES string of the molecule is c1ccc(-c2cccc(-c3nc(-c4cc5c(cc4-n4c6ccccc6c6cc7ccccc7cc64)oc4c6ccccc6ccc54)nc(-c4cccc5ccccc45)n3)c2)cc1. The van der Waals surface area contributed by atoms with E-state index in [9.17, 15) is 0 Å². The van der Waals surface area contributed by atoms with Gasteiger partial charge in [0, 0.05) is 49.7 Å². The number of benzene rings is 10. The Hall–Kier alpha value is -8.41. The fraction of sp³-hybridized carbons (Fsp3) is 0. The summed E-state index contributed by atoms with van der Waals surface area (Å²) in [6, 6.07) is 72.7. The van der Waals surface area contributed by atoms with Crippen molar-refractivity contribution in [1.82, 2.24) is 19.5 Å². The first kappa shape index (κ1) is 34.5. The van der Waals surface area contributed by atoms with E-state index in [0.29, 0.717) is 17.5 Å². The third-order valence-electron chi connectivity index (χ3n) is 12.4. The molecule has 3 aromatic heterocycles. The molecule has 13 aromatic rings. The summed E-state index contributed by atoms with van der Waals surface area (Å²) in [6.45, 7) is 0. The summed E-state index contributed by atoms with van der Waals surface area (Å²) >= 11 is 0. The number of para-hydroxylation sites is 1. The van der Waals surface area contributed by atoms with Crippen LogP contribution in [0.25, 0.3) is 127 Å². The van der Waals surface area contributed by atoms with Crippen molar-refractivity contribution in [3.8, 4) is 51.0 Å². The summed E-state index contributed by atoms with van der Waals surface area (Å²) < 4.78 is 9.28. The van der Waals surface area contributed by atoms with Gasteiger partial charge in [0.25, 0.3) is 0 Å². The molecule has 10 aromatic carbocycles. The third kappa shape index (κ3) is 5.38. The van der Waals surface area contributed by atoms with Crippen LogP contribution in [-0.2, 0) is 0 Å². The second-order valence-electron chi connectivity index (χ2n) is 16.0. The molecule has 0 radical (unpaired) electrons. The second kappa shape index (κ2) is 13.6. The quantitative estimate of drug-likeness (QED) is 0.174. The van der Waals surface area contributed by atoms with Crippen molar-refractivity contribution in [2.45, 2.75) is 0 Å². The first-order valence-electron chi connectivity index (χ1n) is 20.9. The fourth-order valence-corrected chi connectivity index (χ4v) is 9.45. The number of furan rings is 1. The number of rotatable bonds is 5. The summed E-state index contributed by atoms with van der Waals surface area (Å²) in [5.74, 6) is 1.77. The van der Waals surface area contributed by atoms with Crippen molar-refractivity contribution in [2.24, 2.45) is 0 Å². The van der Waals surface area contributed by atoms with Crippen LogP contribution in [0.1, 0.15) is 0 Å². The van der Waals surface area contributed by atoms with E-state index in [2.05, 4.69) is 205 Å². The van der Waals surface area contributed by atoms with Crippen LogP contribution >= 0.6 is 0 Å². The molecule has 0 N–H and O–H groups in total. The maximum absolute atomic E-state index is 6.91. The molecule has 0 bridgehead atoms. The molecule has 0 aliphatic rings. The van der Waals surface area contributed by atoms with Gasteiger partial charge in [0.05, 0.1) is 16.7 Å². The molecule has 5 nitrogen and oxygen atoms in total. The Morgan fingerprint density at radius 3 is 1.77 bits per heavy atom. The first-order valence-corrected chi connectivity index (χ1v) is 20.9. The Labute approximate surface area is 355 Å². The van der Waals surface area contributed by atoms with E-state index in [1.807, 2.05) is 6.07 Å². The second-order valence-corrected chi connectivity index (χ2v) is 16.0. The van der Waals surface area contributed by atoms with Crippen molar-refractivity contribution in [1.29, 1.82) is 0 Å². The lowest BCUT2D eigenvalue weighted by Gasteiger charge is -2.16. The van der Waals surface area contributed by atoms with E-state index < -0.39 is 0 Å². The molecule has 0 aliphatic carbocycles. The maximum Gasteiger partial charge on any atom is 0.166 e. The van der Waals surface area contributed by atoms with Crippen LogP contribution in [0.15, 0.2) is 211 Å². The van der Waals surface area contributed by atoms with Gasteiger partial charge in [-0.25, -0.2) is 15.0 Å². The zero-order chi connectivity index (χ0) is 40.7. The van der Waals surface area contributed by atoms with Crippen molar-refractivity contribution in [2.75, 3.05) is 0 Å². The van der Waals surface area contributed by atoms with Crippen molar-refractivity contribution >= 4 is 76.1 Å². The molecular formula is C57H34N4O. The van der Waals surface area contributed by atoms with Gasteiger partial charge in [-0.1, -0.05) is 164 Å². The zero-order valence-electron chi connectivity index (χ0n) is 33.3. The maximum atomic E-state index is 6.91. The first-order chi connectivity index (χ1) is 30.7. The van der Waals surface area contributed by atoms with E-state index in [4.69, 9.17) is 19.4 Å². The highest BCUT2D eigenvalue weighted by molar-refractivity contribution is 6.18. The summed E-state index contributed by atoms with van der Waals surface area (Å²) in [5.41, 5.74) is 9.68. The lowest BCUT2D eigenvalue weighted by atomic mass is 10.0. The number of aromatic nitrogens is 4. The molecule has 3 heterocycles. The molecule has 0 saturated heterocycles. The molecule has 62 heavy (non-hydrogen) atoms. The smallest absolute Gasteiger partial charge is 0.166 e. The van der Waals surface area contributed by atoms with Crippen molar-refractivity contribution < 1.29 is 4.42 Å². The van der Waals surface area contributed by atoms with Gasteiger partial charge < -0.3 is 8.98 Å². The lowest BCUT2D eigenvalue weighted by Crippen LogP contribution is -2.04. The molecule has 13 rings (SSSR count). The van der Waals surface area contributed by atoms with Crippen molar-refractivity contribution in [3.05, 3.63) is 206 Å². The highest BCUT2D eigenvalue weighted by atomic mass is 16.3. The van der Waals surface area contributed by atoms with Crippen molar-refractivity contribution in [3.63, 3.8) is 0 Å². The average Bonchev–Trinajstić information content (AvgIpc) is 3.87. The van der Waals surface area contributed by atoms with Gasteiger partial charge >= 0.3 is 0 Å². The van der Waals surface area contributed by atoms with Crippen LogP contribution in [0, 0.1) is 0 Å². The molecule has 0 amide bonds. The van der Waals surface area contributed by atoms with E-state index in [0.717, 1.165) is 88.0 Å². The Morgan fingerprint density at radius 1 is 0.323 bits per heavy atom. The predicted octanol–water partition coefficient (Wildman–Crippen LogP) is 15.0. The molecule has 5 heteroatoms. The van der Waals surface area contributed by atoms with Gasteiger partial charge in [-0.05, 0) is 74.5 Å². The highest BCUT2D eigenvalue weighted by Gasteiger charge is 2.23. The average molecular weight is 791 g/mol. The van der Waals surface area contributed by atoms with Gasteiger partial charge in [-0.2, -0.15) is 0 Å². The highest BCUT2D eigenvalue weighted by Crippen LogP contribution is 2.43. The molecule has 0 fully saturated rings. The molecule has 288 valence electrons. The summed E-state index contributed by atoms with van der Waals surface area (Å²) in [5, 5.41) is 11.1. The van der Waals surface area contributed by atoms with Crippen LogP contribution < -0.4 is 0 Å². The van der Waals surface area contributed by atoms with Gasteiger partial charge in [0.15, 0.2) is 17.5 Å². The number of hydrogen-bond acceptors (Lipinski definition) is 4. The van der Waals surface area contributed by atoms with Crippen LogP contribution in [-0.4, -0.2) is 19.5 Å². The lowest BCUT2D eigenvalue weighted by molar-refractivity contribution is 0.672. The van der Waals surface area contributed by atoms with E-state index in [-0.39, 0.29) is 0 Å².